The normalized spacial score (nSPS) is 11.2. The predicted molar refractivity (Wildman–Crippen MR) is 84.0 cm³/mol. The molecule has 9 heteroatoms. The van der Waals surface area contributed by atoms with Crippen LogP contribution in [0.2, 0.25) is 5.02 Å². The molecule has 0 bridgehead atoms. The highest BCUT2D eigenvalue weighted by atomic mass is 35.5. The quantitative estimate of drug-likeness (QED) is 0.652. The maximum Gasteiger partial charge on any atom is 0.273 e. The number of nitro benzene ring substituents is 1. The molecule has 0 heterocycles. The second kappa shape index (κ2) is 6.35. The summed E-state index contributed by atoms with van der Waals surface area (Å²) < 4.78 is 24.8. The molecule has 2 aromatic rings. The number of rotatable bonds is 5. The zero-order valence-corrected chi connectivity index (χ0v) is 13.2. The molecule has 0 fully saturated rings. The Morgan fingerprint density at radius 1 is 1.17 bits per heavy atom. The summed E-state index contributed by atoms with van der Waals surface area (Å²) in [5.41, 5.74) is 4.62. The van der Waals surface area contributed by atoms with Gasteiger partial charge in [-0.15, -0.1) is 0 Å². The van der Waals surface area contributed by atoms with E-state index >= 15 is 0 Å². The van der Waals surface area contributed by atoms with Gasteiger partial charge in [-0.2, -0.15) is 0 Å². The van der Waals surface area contributed by atoms with Crippen molar-refractivity contribution in [2.24, 2.45) is 5.73 Å². The summed E-state index contributed by atoms with van der Waals surface area (Å²) >= 11 is 5.71. The minimum atomic E-state index is -3.84. The van der Waals surface area contributed by atoms with Gasteiger partial charge in [0.1, 0.15) is 0 Å². The summed E-state index contributed by atoms with van der Waals surface area (Å²) in [6, 6.07) is 8.79. The Balaban J connectivity index is 2.48. The molecule has 2 rings (SSSR count). The molecule has 0 radical (unpaired) electrons. The standard InChI is InChI=1S/C14H11ClN2O5S/c15-11-2-4-12(5-3-11)23(21,22)8-10-7-9(14(16)18)1-6-13(10)17(19)20/h1-7H,8H2,(H2,16,18). The fourth-order valence-electron chi connectivity index (χ4n) is 1.96. The van der Waals surface area contributed by atoms with E-state index in [0.29, 0.717) is 5.02 Å². The van der Waals surface area contributed by atoms with Crippen molar-refractivity contribution in [1.82, 2.24) is 0 Å². The molecule has 0 saturated carbocycles. The molecule has 0 aliphatic rings. The minimum absolute atomic E-state index is 0.00286. The van der Waals surface area contributed by atoms with Gasteiger partial charge in [-0.1, -0.05) is 11.6 Å². The molecule has 0 aliphatic carbocycles. The molecular weight excluding hydrogens is 344 g/mol. The van der Waals surface area contributed by atoms with Crippen LogP contribution in [0.4, 0.5) is 5.69 Å². The first kappa shape index (κ1) is 16.9. The van der Waals surface area contributed by atoms with Crippen molar-refractivity contribution >= 4 is 33.0 Å². The molecule has 0 atom stereocenters. The van der Waals surface area contributed by atoms with Crippen LogP contribution in [0.1, 0.15) is 15.9 Å². The molecule has 23 heavy (non-hydrogen) atoms. The highest BCUT2D eigenvalue weighted by Gasteiger charge is 2.23. The first-order valence-corrected chi connectivity index (χ1v) is 8.29. The number of nitrogens with two attached hydrogens (primary N) is 1. The number of amides is 1. The van der Waals surface area contributed by atoms with Crippen LogP contribution in [0.5, 0.6) is 0 Å². The summed E-state index contributed by atoms with van der Waals surface area (Å²) in [7, 11) is -3.84. The topological polar surface area (TPSA) is 120 Å². The fourth-order valence-corrected chi connectivity index (χ4v) is 3.45. The van der Waals surface area contributed by atoms with Gasteiger partial charge in [0.25, 0.3) is 5.69 Å². The Hall–Kier alpha value is -2.45. The lowest BCUT2D eigenvalue weighted by Gasteiger charge is -2.07. The third-order valence-electron chi connectivity index (χ3n) is 3.08. The Bertz CT molecular complexity index is 879. The molecule has 2 aromatic carbocycles. The van der Waals surface area contributed by atoms with Crippen molar-refractivity contribution in [3.63, 3.8) is 0 Å². The summed E-state index contributed by atoms with van der Waals surface area (Å²) in [6.45, 7) is 0. The van der Waals surface area contributed by atoms with E-state index in [1.165, 1.54) is 30.3 Å². The maximum absolute atomic E-state index is 12.4. The number of nitrogens with zero attached hydrogens (tertiary/aromatic N) is 1. The number of hydrogen-bond donors (Lipinski definition) is 1. The van der Waals surface area contributed by atoms with E-state index in [1.54, 1.807) is 0 Å². The van der Waals surface area contributed by atoms with E-state index in [9.17, 15) is 23.3 Å². The summed E-state index contributed by atoms with van der Waals surface area (Å²) in [5, 5.41) is 11.4. The Kier molecular flexibility index (Phi) is 4.67. The second-order valence-corrected chi connectivity index (χ2v) is 7.10. The Morgan fingerprint density at radius 3 is 2.30 bits per heavy atom. The highest BCUT2D eigenvalue weighted by Crippen LogP contribution is 2.25. The molecular formula is C14H11ClN2O5S. The van der Waals surface area contributed by atoms with Crippen LogP contribution in [0.15, 0.2) is 47.4 Å². The molecule has 0 saturated heterocycles. The van der Waals surface area contributed by atoms with Gasteiger partial charge >= 0.3 is 0 Å². The highest BCUT2D eigenvalue weighted by molar-refractivity contribution is 7.90. The van der Waals surface area contributed by atoms with Crippen molar-refractivity contribution in [3.05, 3.63) is 68.7 Å². The van der Waals surface area contributed by atoms with Crippen molar-refractivity contribution in [3.8, 4) is 0 Å². The average molecular weight is 355 g/mol. The number of sulfone groups is 1. The first-order valence-electron chi connectivity index (χ1n) is 6.26. The molecule has 0 unspecified atom stereocenters. The van der Waals surface area contributed by atoms with Gasteiger partial charge in [-0.3, -0.25) is 14.9 Å². The average Bonchev–Trinajstić information content (AvgIpc) is 2.46. The number of nitro groups is 1. The number of halogens is 1. The fraction of sp³-hybridized carbons (Fsp3) is 0.0714. The Labute approximate surface area is 136 Å². The molecule has 120 valence electrons. The van der Waals surface area contributed by atoms with Crippen LogP contribution < -0.4 is 5.73 Å². The summed E-state index contributed by atoms with van der Waals surface area (Å²) in [5.74, 6) is -1.43. The summed E-state index contributed by atoms with van der Waals surface area (Å²) in [6.07, 6.45) is 0. The molecule has 0 spiro atoms. The van der Waals surface area contributed by atoms with Gasteiger partial charge in [0.15, 0.2) is 9.84 Å². The zero-order valence-electron chi connectivity index (χ0n) is 11.6. The predicted octanol–water partition coefficient (Wildman–Crippen LogP) is 2.32. The number of benzene rings is 2. The maximum atomic E-state index is 12.4. The largest absolute Gasteiger partial charge is 0.366 e. The number of carbonyl (C=O) groups is 1. The number of carbonyl (C=O) groups excluding carboxylic acids is 1. The third kappa shape index (κ3) is 3.85. The van der Waals surface area contributed by atoms with Crippen LogP contribution in [-0.4, -0.2) is 19.2 Å². The third-order valence-corrected chi connectivity index (χ3v) is 5.01. The van der Waals surface area contributed by atoms with Gasteiger partial charge < -0.3 is 5.73 Å². The van der Waals surface area contributed by atoms with Crippen molar-refractivity contribution in [2.45, 2.75) is 10.6 Å². The van der Waals surface area contributed by atoms with Crippen LogP contribution >= 0.6 is 11.6 Å². The van der Waals surface area contributed by atoms with E-state index < -0.39 is 32.1 Å². The lowest BCUT2D eigenvalue weighted by molar-refractivity contribution is -0.385. The number of primary amides is 1. The van der Waals surface area contributed by atoms with Gasteiger partial charge in [0.2, 0.25) is 5.91 Å². The van der Waals surface area contributed by atoms with E-state index in [-0.39, 0.29) is 16.0 Å². The molecule has 0 aliphatic heterocycles. The van der Waals surface area contributed by atoms with E-state index in [0.717, 1.165) is 12.1 Å². The molecule has 7 nitrogen and oxygen atoms in total. The van der Waals surface area contributed by atoms with Crippen LogP contribution in [0, 0.1) is 10.1 Å². The van der Waals surface area contributed by atoms with Crippen LogP contribution in [-0.2, 0) is 15.6 Å². The van der Waals surface area contributed by atoms with Crippen molar-refractivity contribution in [2.75, 3.05) is 0 Å². The van der Waals surface area contributed by atoms with Crippen molar-refractivity contribution < 1.29 is 18.1 Å². The van der Waals surface area contributed by atoms with Crippen LogP contribution in [0.25, 0.3) is 0 Å². The monoisotopic (exact) mass is 354 g/mol. The minimum Gasteiger partial charge on any atom is -0.366 e. The van der Waals surface area contributed by atoms with Gasteiger partial charge in [0, 0.05) is 22.2 Å². The van der Waals surface area contributed by atoms with Crippen LogP contribution in [0.3, 0.4) is 0 Å². The molecule has 1 amide bonds. The SMILES string of the molecule is NC(=O)c1ccc([N+](=O)[O-])c(CS(=O)(=O)c2ccc(Cl)cc2)c1. The van der Waals surface area contributed by atoms with Gasteiger partial charge in [-0.05, 0) is 36.4 Å². The smallest absolute Gasteiger partial charge is 0.273 e. The van der Waals surface area contributed by atoms with Gasteiger partial charge in [-0.25, -0.2) is 8.42 Å². The van der Waals surface area contributed by atoms with Gasteiger partial charge in [0.05, 0.1) is 15.6 Å². The zero-order chi connectivity index (χ0) is 17.2. The van der Waals surface area contributed by atoms with Crippen molar-refractivity contribution in [1.29, 1.82) is 0 Å². The lowest BCUT2D eigenvalue weighted by atomic mass is 10.1. The van der Waals surface area contributed by atoms with E-state index in [1.807, 2.05) is 0 Å². The summed E-state index contributed by atoms with van der Waals surface area (Å²) in [4.78, 5) is 21.5. The Morgan fingerprint density at radius 2 is 1.78 bits per heavy atom. The van der Waals surface area contributed by atoms with E-state index in [4.69, 9.17) is 17.3 Å². The number of hydrogen-bond acceptors (Lipinski definition) is 5. The van der Waals surface area contributed by atoms with E-state index in [2.05, 4.69) is 0 Å². The molecule has 2 N–H and O–H groups in total. The molecule has 0 aromatic heterocycles. The second-order valence-electron chi connectivity index (χ2n) is 4.68. The first-order chi connectivity index (χ1) is 10.7. The lowest BCUT2D eigenvalue weighted by Crippen LogP contribution is -2.13.